The first kappa shape index (κ1) is 12.8. The second-order valence-electron chi connectivity index (χ2n) is 4.99. The van der Waals surface area contributed by atoms with Crippen LogP contribution in [0.15, 0.2) is 18.5 Å². The van der Waals surface area contributed by atoms with Crippen LogP contribution < -0.4 is 5.32 Å². The number of carbonyl (C=O) groups is 1. The summed E-state index contributed by atoms with van der Waals surface area (Å²) >= 11 is 0. The summed E-state index contributed by atoms with van der Waals surface area (Å²) < 4.78 is 5.43. The number of nitrogens with zero attached hydrogens (tertiary/aromatic N) is 2. The van der Waals surface area contributed by atoms with Gasteiger partial charge in [-0.15, -0.1) is 0 Å². The Labute approximate surface area is 107 Å². The van der Waals surface area contributed by atoms with Crippen LogP contribution in [0.4, 0.5) is 5.69 Å². The van der Waals surface area contributed by atoms with Gasteiger partial charge in [-0.05, 0) is 19.9 Å². The fraction of sp³-hybridized carbons (Fsp3) is 0.538. The van der Waals surface area contributed by atoms with Gasteiger partial charge < -0.3 is 15.0 Å². The standard InChI is InChI=1S/C13H19N3O2/c1-13(2)9-18-7-6-16(13)12(17)10-8-15-5-4-11(10)14-3/h4-5,8H,6-7,9H2,1-3H3,(H,14,15). The molecule has 1 N–H and O–H groups in total. The van der Waals surface area contributed by atoms with Crippen LogP contribution in [0.2, 0.25) is 0 Å². The van der Waals surface area contributed by atoms with Crippen LogP contribution in [0.25, 0.3) is 0 Å². The van der Waals surface area contributed by atoms with Gasteiger partial charge in [0.15, 0.2) is 0 Å². The quantitative estimate of drug-likeness (QED) is 0.860. The van der Waals surface area contributed by atoms with Crippen molar-refractivity contribution < 1.29 is 9.53 Å². The second-order valence-corrected chi connectivity index (χ2v) is 4.99. The highest BCUT2D eigenvalue weighted by Gasteiger charge is 2.35. The summed E-state index contributed by atoms with van der Waals surface area (Å²) in [4.78, 5) is 18.5. The molecule has 0 aliphatic carbocycles. The molecule has 5 nitrogen and oxygen atoms in total. The monoisotopic (exact) mass is 249 g/mol. The summed E-state index contributed by atoms with van der Waals surface area (Å²) in [5.41, 5.74) is 1.13. The first-order chi connectivity index (χ1) is 8.56. The number of rotatable bonds is 2. The molecule has 0 bridgehead atoms. The number of pyridine rings is 1. The number of hydrogen-bond acceptors (Lipinski definition) is 4. The van der Waals surface area contributed by atoms with Gasteiger partial charge in [0.1, 0.15) is 0 Å². The van der Waals surface area contributed by atoms with E-state index in [2.05, 4.69) is 10.3 Å². The normalized spacial score (nSPS) is 18.5. The topological polar surface area (TPSA) is 54.5 Å². The van der Waals surface area contributed by atoms with Gasteiger partial charge in [0.25, 0.3) is 5.91 Å². The first-order valence-corrected chi connectivity index (χ1v) is 6.08. The molecule has 0 atom stereocenters. The number of aromatic nitrogens is 1. The Balaban J connectivity index is 2.30. The van der Waals surface area contributed by atoms with Crippen molar-refractivity contribution in [3.05, 3.63) is 24.0 Å². The molecule has 0 aromatic carbocycles. The predicted octanol–water partition coefficient (Wildman–Crippen LogP) is 1.37. The number of carbonyl (C=O) groups excluding carboxylic acids is 1. The van der Waals surface area contributed by atoms with Crippen molar-refractivity contribution in [2.75, 3.05) is 32.1 Å². The van der Waals surface area contributed by atoms with Gasteiger partial charge in [-0.2, -0.15) is 0 Å². The van der Waals surface area contributed by atoms with Crippen LogP contribution in [0.5, 0.6) is 0 Å². The van der Waals surface area contributed by atoms with Crippen LogP contribution in [0.3, 0.4) is 0 Å². The molecule has 1 saturated heterocycles. The summed E-state index contributed by atoms with van der Waals surface area (Å²) in [5, 5.41) is 3.02. The maximum Gasteiger partial charge on any atom is 0.258 e. The number of morpholine rings is 1. The fourth-order valence-electron chi connectivity index (χ4n) is 2.16. The fourth-order valence-corrected chi connectivity index (χ4v) is 2.16. The van der Waals surface area contributed by atoms with Gasteiger partial charge in [-0.25, -0.2) is 0 Å². The smallest absolute Gasteiger partial charge is 0.258 e. The molecule has 0 saturated carbocycles. The van der Waals surface area contributed by atoms with E-state index in [1.54, 1.807) is 25.5 Å². The number of amides is 1. The zero-order chi connectivity index (χ0) is 13.2. The number of ether oxygens (including phenoxy) is 1. The maximum absolute atomic E-state index is 12.6. The molecule has 0 unspecified atom stereocenters. The molecule has 2 rings (SSSR count). The molecule has 1 amide bonds. The van der Waals surface area contributed by atoms with E-state index in [1.807, 2.05) is 18.7 Å². The van der Waals surface area contributed by atoms with Crippen molar-refractivity contribution in [3.8, 4) is 0 Å². The molecule has 0 radical (unpaired) electrons. The lowest BCUT2D eigenvalue weighted by Crippen LogP contribution is -2.55. The lowest BCUT2D eigenvalue weighted by atomic mass is 10.0. The molecule has 98 valence electrons. The van der Waals surface area contributed by atoms with E-state index in [1.165, 1.54) is 0 Å². The Morgan fingerprint density at radius 3 is 3.00 bits per heavy atom. The molecule has 1 aliphatic heterocycles. The third kappa shape index (κ3) is 2.31. The molecular formula is C13H19N3O2. The van der Waals surface area contributed by atoms with Crippen molar-refractivity contribution in [2.45, 2.75) is 19.4 Å². The van der Waals surface area contributed by atoms with Gasteiger partial charge >= 0.3 is 0 Å². The summed E-state index contributed by atoms with van der Waals surface area (Å²) in [6.07, 6.45) is 3.28. The van der Waals surface area contributed by atoms with Gasteiger partial charge in [-0.3, -0.25) is 9.78 Å². The lowest BCUT2D eigenvalue weighted by molar-refractivity contribution is -0.0370. The summed E-state index contributed by atoms with van der Waals surface area (Å²) in [6.45, 7) is 5.79. The Bertz CT molecular complexity index is 446. The zero-order valence-electron chi connectivity index (χ0n) is 11.1. The van der Waals surface area contributed by atoms with Gasteiger partial charge in [-0.1, -0.05) is 0 Å². The Morgan fingerprint density at radius 1 is 1.56 bits per heavy atom. The predicted molar refractivity (Wildman–Crippen MR) is 69.7 cm³/mol. The first-order valence-electron chi connectivity index (χ1n) is 6.08. The van der Waals surface area contributed by atoms with Crippen molar-refractivity contribution in [3.63, 3.8) is 0 Å². The maximum atomic E-state index is 12.6. The van der Waals surface area contributed by atoms with E-state index in [0.29, 0.717) is 25.3 Å². The summed E-state index contributed by atoms with van der Waals surface area (Å²) in [6, 6.07) is 1.81. The van der Waals surface area contributed by atoms with E-state index in [0.717, 1.165) is 5.69 Å². The van der Waals surface area contributed by atoms with Crippen molar-refractivity contribution in [1.29, 1.82) is 0 Å². The van der Waals surface area contributed by atoms with Crippen LogP contribution in [0.1, 0.15) is 24.2 Å². The number of nitrogens with one attached hydrogen (secondary N) is 1. The molecule has 5 heteroatoms. The largest absolute Gasteiger partial charge is 0.387 e. The molecule has 1 aromatic rings. The molecule has 1 aliphatic rings. The average molecular weight is 249 g/mol. The lowest BCUT2D eigenvalue weighted by Gasteiger charge is -2.42. The van der Waals surface area contributed by atoms with E-state index in [-0.39, 0.29) is 11.4 Å². The third-order valence-corrected chi connectivity index (χ3v) is 3.21. The highest BCUT2D eigenvalue weighted by molar-refractivity contribution is 5.99. The van der Waals surface area contributed by atoms with Gasteiger partial charge in [0.05, 0.1) is 24.3 Å². The van der Waals surface area contributed by atoms with E-state index >= 15 is 0 Å². The summed E-state index contributed by atoms with van der Waals surface area (Å²) in [5.74, 6) is 0.000694. The molecule has 2 heterocycles. The van der Waals surface area contributed by atoms with Crippen LogP contribution in [-0.2, 0) is 4.74 Å². The highest BCUT2D eigenvalue weighted by Crippen LogP contribution is 2.24. The van der Waals surface area contributed by atoms with Crippen molar-refractivity contribution >= 4 is 11.6 Å². The van der Waals surface area contributed by atoms with Crippen LogP contribution in [0, 0.1) is 0 Å². The third-order valence-electron chi connectivity index (χ3n) is 3.21. The minimum atomic E-state index is -0.282. The SMILES string of the molecule is CNc1ccncc1C(=O)N1CCOCC1(C)C. The van der Waals surface area contributed by atoms with E-state index in [4.69, 9.17) is 4.74 Å². The molecule has 18 heavy (non-hydrogen) atoms. The number of hydrogen-bond donors (Lipinski definition) is 1. The van der Waals surface area contributed by atoms with E-state index in [9.17, 15) is 4.79 Å². The van der Waals surface area contributed by atoms with E-state index < -0.39 is 0 Å². The molecule has 0 spiro atoms. The molecular weight excluding hydrogens is 230 g/mol. The Morgan fingerprint density at radius 2 is 2.33 bits per heavy atom. The van der Waals surface area contributed by atoms with Crippen LogP contribution >= 0.6 is 0 Å². The van der Waals surface area contributed by atoms with Crippen molar-refractivity contribution in [2.24, 2.45) is 0 Å². The molecule has 1 aromatic heterocycles. The second kappa shape index (κ2) is 4.94. The number of anilines is 1. The minimum Gasteiger partial charge on any atom is -0.387 e. The zero-order valence-corrected chi connectivity index (χ0v) is 11.1. The van der Waals surface area contributed by atoms with Gasteiger partial charge in [0.2, 0.25) is 0 Å². The summed E-state index contributed by atoms with van der Waals surface area (Å²) in [7, 11) is 1.80. The average Bonchev–Trinajstić information content (AvgIpc) is 2.37. The van der Waals surface area contributed by atoms with Gasteiger partial charge in [0, 0.05) is 31.7 Å². The highest BCUT2D eigenvalue weighted by atomic mass is 16.5. The Kier molecular flexibility index (Phi) is 3.52. The minimum absolute atomic E-state index is 0.000694. The molecule has 1 fully saturated rings. The van der Waals surface area contributed by atoms with Crippen molar-refractivity contribution in [1.82, 2.24) is 9.88 Å². The Hall–Kier alpha value is -1.62. The van der Waals surface area contributed by atoms with Crippen LogP contribution in [-0.4, -0.2) is 48.1 Å².